The van der Waals surface area contributed by atoms with Crippen LogP contribution < -0.4 is 5.32 Å². The van der Waals surface area contributed by atoms with Crippen LogP contribution >= 0.6 is 0 Å². The summed E-state index contributed by atoms with van der Waals surface area (Å²) in [4.78, 5) is 29.2. The van der Waals surface area contributed by atoms with Crippen LogP contribution in [0.1, 0.15) is 53.6 Å². The van der Waals surface area contributed by atoms with E-state index in [2.05, 4.69) is 23.5 Å². The lowest BCUT2D eigenvalue weighted by molar-refractivity contribution is -0.141. The fourth-order valence-electron chi connectivity index (χ4n) is 4.33. The highest BCUT2D eigenvalue weighted by Gasteiger charge is 2.31. The molecule has 0 radical (unpaired) electrons. The third-order valence-corrected chi connectivity index (χ3v) is 6.38. The second-order valence-corrected chi connectivity index (χ2v) is 9.70. The Labute approximate surface area is 210 Å². The Hall–Kier alpha value is -3.40. The molecule has 35 heavy (non-hydrogen) atoms. The molecule has 2 atom stereocenters. The van der Waals surface area contributed by atoms with Gasteiger partial charge >= 0.3 is 0 Å². The van der Waals surface area contributed by atoms with Crippen LogP contribution in [0.15, 0.2) is 72.8 Å². The number of rotatable bonds is 10. The minimum absolute atomic E-state index is 0.0384. The molecule has 0 saturated carbocycles. The number of aryl methyl sites for hydroxylation is 3. The molecule has 0 aromatic heterocycles. The fraction of sp³-hybridized carbons (Fsp3) is 0.355. The van der Waals surface area contributed by atoms with Crippen molar-refractivity contribution >= 4 is 11.8 Å². The minimum Gasteiger partial charge on any atom is -0.352 e. The molecule has 0 saturated heterocycles. The molecule has 0 fully saturated rings. The molecule has 0 bridgehead atoms. The Morgan fingerprint density at radius 3 is 2.03 bits per heavy atom. The third kappa shape index (κ3) is 7.81. The van der Waals surface area contributed by atoms with Crippen LogP contribution in [0.25, 0.3) is 0 Å². The molecule has 3 aromatic carbocycles. The number of carbonyl (C=O) groups excluding carboxylic acids is 2. The van der Waals surface area contributed by atoms with Gasteiger partial charge in [-0.15, -0.1) is 0 Å². The zero-order valence-electron chi connectivity index (χ0n) is 21.7. The van der Waals surface area contributed by atoms with Gasteiger partial charge in [0, 0.05) is 19.0 Å². The second-order valence-electron chi connectivity index (χ2n) is 9.70. The number of nitrogens with one attached hydrogen (secondary N) is 1. The summed E-state index contributed by atoms with van der Waals surface area (Å²) >= 11 is 0. The average molecular weight is 471 g/mol. The summed E-state index contributed by atoms with van der Waals surface area (Å²) in [6.45, 7) is 10.6. The molecule has 2 amide bonds. The zero-order chi connectivity index (χ0) is 25.4. The van der Waals surface area contributed by atoms with E-state index >= 15 is 0 Å². The van der Waals surface area contributed by atoms with Gasteiger partial charge in [-0.2, -0.15) is 0 Å². The van der Waals surface area contributed by atoms with Crippen molar-refractivity contribution in [2.75, 3.05) is 0 Å². The van der Waals surface area contributed by atoms with Crippen molar-refractivity contribution in [2.24, 2.45) is 0 Å². The third-order valence-electron chi connectivity index (χ3n) is 6.38. The Kier molecular flexibility index (Phi) is 9.25. The van der Waals surface area contributed by atoms with Crippen LogP contribution in [-0.2, 0) is 29.0 Å². The lowest BCUT2D eigenvalue weighted by atomic mass is 10.00. The van der Waals surface area contributed by atoms with Gasteiger partial charge < -0.3 is 10.2 Å². The van der Waals surface area contributed by atoms with Gasteiger partial charge in [0.1, 0.15) is 6.04 Å². The van der Waals surface area contributed by atoms with Gasteiger partial charge in [0.25, 0.3) is 0 Å². The number of benzene rings is 3. The highest BCUT2D eigenvalue weighted by molar-refractivity contribution is 5.89. The molecule has 0 aliphatic carbocycles. The monoisotopic (exact) mass is 470 g/mol. The topological polar surface area (TPSA) is 49.4 Å². The van der Waals surface area contributed by atoms with Crippen LogP contribution in [0.3, 0.4) is 0 Å². The summed E-state index contributed by atoms with van der Waals surface area (Å²) in [5.74, 6) is -0.153. The maximum atomic E-state index is 13.8. The molecule has 3 aromatic rings. The smallest absolute Gasteiger partial charge is 0.243 e. The van der Waals surface area contributed by atoms with E-state index < -0.39 is 6.04 Å². The number of hydrogen-bond acceptors (Lipinski definition) is 2. The molecule has 0 aliphatic heterocycles. The number of amides is 2. The predicted octanol–water partition coefficient (Wildman–Crippen LogP) is 5.71. The van der Waals surface area contributed by atoms with E-state index in [-0.39, 0.29) is 24.3 Å². The number of carbonyl (C=O) groups is 2. The average Bonchev–Trinajstić information content (AvgIpc) is 2.82. The standard InChI is InChI=1S/C31H38N2O2/c1-6-25(5)32-31(35)29(19-26-10-8-7-9-11-26)33(21-27-14-12-22(2)13-15-27)30(34)20-28-17-23(3)16-24(4)18-28/h7-18,25,29H,6,19-21H2,1-5H3,(H,32,35)/t25-,29-/m1/s1. The largest absolute Gasteiger partial charge is 0.352 e. The van der Waals surface area contributed by atoms with E-state index in [1.807, 2.05) is 89.2 Å². The lowest BCUT2D eigenvalue weighted by Gasteiger charge is -2.32. The van der Waals surface area contributed by atoms with Crippen molar-refractivity contribution in [3.8, 4) is 0 Å². The normalized spacial score (nSPS) is 12.6. The van der Waals surface area contributed by atoms with Crippen molar-refractivity contribution < 1.29 is 9.59 Å². The Morgan fingerprint density at radius 1 is 0.800 bits per heavy atom. The van der Waals surface area contributed by atoms with Crippen LogP contribution in [0.2, 0.25) is 0 Å². The molecule has 4 nitrogen and oxygen atoms in total. The van der Waals surface area contributed by atoms with E-state index in [1.165, 1.54) is 0 Å². The summed E-state index contributed by atoms with van der Waals surface area (Å²) in [5.41, 5.74) is 6.45. The van der Waals surface area contributed by atoms with E-state index in [4.69, 9.17) is 0 Å². The van der Waals surface area contributed by atoms with Gasteiger partial charge in [0.15, 0.2) is 0 Å². The van der Waals surface area contributed by atoms with Crippen molar-refractivity contribution in [1.82, 2.24) is 10.2 Å². The molecular weight excluding hydrogens is 432 g/mol. The molecule has 0 spiro atoms. The first-order valence-electron chi connectivity index (χ1n) is 12.5. The fourth-order valence-corrected chi connectivity index (χ4v) is 4.33. The molecule has 0 unspecified atom stereocenters. The van der Waals surface area contributed by atoms with Gasteiger partial charge in [-0.25, -0.2) is 0 Å². The second kappa shape index (κ2) is 12.3. The molecule has 184 valence electrons. The van der Waals surface area contributed by atoms with Crippen molar-refractivity contribution in [3.63, 3.8) is 0 Å². The summed E-state index contributed by atoms with van der Waals surface area (Å²) in [6.07, 6.45) is 1.56. The summed E-state index contributed by atoms with van der Waals surface area (Å²) < 4.78 is 0. The van der Waals surface area contributed by atoms with E-state index in [9.17, 15) is 9.59 Å². The van der Waals surface area contributed by atoms with Crippen LogP contribution in [0.4, 0.5) is 0 Å². The van der Waals surface area contributed by atoms with Crippen molar-refractivity contribution in [3.05, 3.63) is 106 Å². The van der Waals surface area contributed by atoms with Gasteiger partial charge in [-0.3, -0.25) is 9.59 Å². The highest BCUT2D eigenvalue weighted by atomic mass is 16.2. The number of hydrogen-bond donors (Lipinski definition) is 1. The first-order valence-corrected chi connectivity index (χ1v) is 12.5. The Morgan fingerprint density at radius 2 is 1.43 bits per heavy atom. The van der Waals surface area contributed by atoms with E-state index in [0.29, 0.717) is 13.0 Å². The van der Waals surface area contributed by atoms with Crippen LogP contribution in [0.5, 0.6) is 0 Å². The first-order chi connectivity index (χ1) is 16.7. The quantitative estimate of drug-likeness (QED) is 0.413. The van der Waals surface area contributed by atoms with Gasteiger partial charge in [0.2, 0.25) is 11.8 Å². The zero-order valence-corrected chi connectivity index (χ0v) is 21.7. The van der Waals surface area contributed by atoms with Crippen molar-refractivity contribution in [2.45, 2.75) is 72.5 Å². The number of nitrogens with zero attached hydrogens (tertiary/aromatic N) is 1. The van der Waals surface area contributed by atoms with Crippen molar-refractivity contribution in [1.29, 1.82) is 0 Å². The maximum absolute atomic E-state index is 13.8. The predicted molar refractivity (Wildman–Crippen MR) is 143 cm³/mol. The van der Waals surface area contributed by atoms with E-state index in [0.717, 1.165) is 39.8 Å². The SMILES string of the molecule is CC[C@@H](C)NC(=O)[C@@H](Cc1ccccc1)N(Cc1ccc(C)cc1)C(=O)Cc1cc(C)cc(C)c1. The summed E-state index contributed by atoms with van der Waals surface area (Å²) in [5, 5.41) is 3.13. The Balaban J connectivity index is 1.98. The minimum atomic E-state index is -0.605. The van der Waals surface area contributed by atoms with Gasteiger partial charge in [-0.05, 0) is 50.8 Å². The molecule has 0 heterocycles. The van der Waals surface area contributed by atoms with Gasteiger partial charge in [-0.1, -0.05) is 96.4 Å². The molecular formula is C31H38N2O2. The van der Waals surface area contributed by atoms with Gasteiger partial charge in [0.05, 0.1) is 6.42 Å². The Bertz CT molecular complexity index is 1100. The molecule has 1 N–H and O–H groups in total. The van der Waals surface area contributed by atoms with E-state index in [1.54, 1.807) is 4.90 Å². The maximum Gasteiger partial charge on any atom is 0.243 e. The summed E-state index contributed by atoms with van der Waals surface area (Å²) in [7, 11) is 0. The molecule has 3 rings (SSSR count). The highest BCUT2D eigenvalue weighted by Crippen LogP contribution is 2.18. The lowest BCUT2D eigenvalue weighted by Crippen LogP contribution is -2.52. The van der Waals surface area contributed by atoms with Crippen LogP contribution in [0, 0.1) is 20.8 Å². The summed E-state index contributed by atoms with van der Waals surface area (Å²) in [6, 6.07) is 23.8. The van der Waals surface area contributed by atoms with Crippen LogP contribution in [-0.4, -0.2) is 28.8 Å². The molecule has 0 aliphatic rings. The molecule has 4 heteroatoms. The first kappa shape index (κ1) is 26.2.